The van der Waals surface area contributed by atoms with Gasteiger partial charge in [0.05, 0.1) is 6.42 Å². The van der Waals surface area contributed by atoms with Gasteiger partial charge in [0.25, 0.3) is 0 Å². The molecule has 1 aliphatic rings. The Morgan fingerprint density at radius 1 is 1.37 bits per heavy atom. The smallest absolute Gasteiger partial charge is 0.407 e. The summed E-state index contributed by atoms with van der Waals surface area (Å²) in [5.41, 5.74) is 0. The summed E-state index contributed by atoms with van der Waals surface area (Å²) in [5.74, 6) is -0.386. The number of ether oxygens (including phenoxy) is 1. The van der Waals surface area contributed by atoms with E-state index in [1.54, 1.807) is 0 Å². The first-order valence-corrected chi connectivity index (χ1v) is 6.87. The van der Waals surface area contributed by atoms with E-state index in [1.165, 1.54) is 25.3 Å². The lowest BCUT2D eigenvalue weighted by molar-refractivity contribution is -0.137. The van der Waals surface area contributed by atoms with Crippen LogP contribution >= 0.6 is 0 Å². The number of carboxylic acids is 1. The zero-order valence-electron chi connectivity index (χ0n) is 11.3. The van der Waals surface area contributed by atoms with Gasteiger partial charge in [-0.3, -0.25) is 4.79 Å². The zero-order valence-corrected chi connectivity index (χ0v) is 11.3. The summed E-state index contributed by atoms with van der Waals surface area (Å²) in [6.07, 6.45) is 7.48. The second kappa shape index (κ2) is 8.56. The number of rotatable bonds is 7. The fraction of sp³-hybridized carbons (Fsp3) is 0.714. The summed E-state index contributed by atoms with van der Waals surface area (Å²) < 4.78 is 4.83. The third kappa shape index (κ3) is 6.84. The van der Waals surface area contributed by atoms with Crippen LogP contribution in [0.25, 0.3) is 0 Å². The van der Waals surface area contributed by atoms with Gasteiger partial charge in [-0.05, 0) is 12.3 Å². The van der Waals surface area contributed by atoms with Crippen molar-refractivity contribution >= 4 is 12.1 Å². The Kier molecular flexibility index (Phi) is 7.00. The Labute approximate surface area is 114 Å². The van der Waals surface area contributed by atoms with Crippen molar-refractivity contribution in [3.8, 4) is 0 Å². The van der Waals surface area contributed by atoms with Gasteiger partial charge in [0, 0.05) is 6.04 Å². The van der Waals surface area contributed by atoms with Gasteiger partial charge in [0.15, 0.2) is 0 Å². The lowest BCUT2D eigenvalue weighted by Gasteiger charge is -2.26. The summed E-state index contributed by atoms with van der Waals surface area (Å²) in [4.78, 5) is 22.3. The van der Waals surface area contributed by atoms with E-state index in [4.69, 9.17) is 9.84 Å². The second-order valence-corrected chi connectivity index (χ2v) is 5.07. The molecular formula is C14H23NO4. The van der Waals surface area contributed by atoms with Gasteiger partial charge in [-0.15, -0.1) is 0 Å². The highest BCUT2D eigenvalue weighted by Gasteiger charge is 2.22. The molecule has 0 radical (unpaired) electrons. The predicted molar refractivity (Wildman–Crippen MR) is 71.9 cm³/mol. The molecule has 0 heterocycles. The van der Waals surface area contributed by atoms with Gasteiger partial charge in [0.1, 0.15) is 6.61 Å². The van der Waals surface area contributed by atoms with Gasteiger partial charge in [-0.25, -0.2) is 4.79 Å². The third-order valence-corrected chi connectivity index (χ3v) is 3.42. The van der Waals surface area contributed by atoms with Gasteiger partial charge >= 0.3 is 12.1 Å². The van der Waals surface area contributed by atoms with E-state index >= 15 is 0 Å². The standard InChI is InChI=1S/C14H23NO4/c1-2-8-19-14(18)15-12(10-13(16)17)9-11-6-4-3-5-7-11/h2,11-12H,1,3-10H2,(H,15,18)(H,16,17)/t12-/m0/s1. The minimum atomic E-state index is -0.898. The van der Waals surface area contributed by atoms with Gasteiger partial charge in [0.2, 0.25) is 0 Å². The van der Waals surface area contributed by atoms with Crippen LogP contribution in [0.5, 0.6) is 0 Å². The van der Waals surface area contributed by atoms with Crippen LogP contribution in [0, 0.1) is 5.92 Å². The predicted octanol–water partition coefficient (Wildman–Crippen LogP) is 2.71. The van der Waals surface area contributed by atoms with Crippen molar-refractivity contribution in [1.29, 1.82) is 0 Å². The molecule has 0 bridgehead atoms. The fourth-order valence-corrected chi connectivity index (χ4v) is 2.57. The molecule has 108 valence electrons. The van der Waals surface area contributed by atoms with E-state index in [9.17, 15) is 9.59 Å². The molecular weight excluding hydrogens is 246 g/mol. The van der Waals surface area contributed by atoms with Crippen LogP contribution in [-0.2, 0) is 9.53 Å². The molecule has 1 amide bonds. The van der Waals surface area contributed by atoms with Crippen molar-refractivity contribution in [2.24, 2.45) is 5.92 Å². The molecule has 1 fully saturated rings. The fourth-order valence-electron chi connectivity index (χ4n) is 2.57. The first-order chi connectivity index (χ1) is 9.11. The van der Waals surface area contributed by atoms with Crippen LogP contribution in [0.15, 0.2) is 12.7 Å². The molecule has 0 aromatic carbocycles. The molecule has 5 nitrogen and oxygen atoms in total. The topological polar surface area (TPSA) is 75.6 Å². The van der Waals surface area contributed by atoms with Gasteiger partial charge in [-0.2, -0.15) is 0 Å². The molecule has 1 rings (SSSR count). The van der Waals surface area contributed by atoms with E-state index in [2.05, 4.69) is 11.9 Å². The van der Waals surface area contributed by atoms with E-state index in [0.29, 0.717) is 5.92 Å². The molecule has 5 heteroatoms. The molecule has 0 aliphatic heterocycles. The largest absolute Gasteiger partial charge is 0.481 e. The van der Waals surface area contributed by atoms with Crippen LogP contribution in [0.4, 0.5) is 4.79 Å². The minimum absolute atomic E-state index is 0.0559. The van der Waals surface area contributed by atoms with E-state index < -0.39 is 12.1 Å². The molecule has 1 saturated carbocycles. The summed E-state index contributed by atoms with van der Waals surface area (Å²) >= 11 is 0. The van der Waals surface area contributed by atoms with Crippen LogP contribution in [-0.4, -0.2) is 29.8 Å². The summed E-state index contributed by atoms with van der Waals surface area (Å²) in [5, 5.41) is 11.5. The van der Waals surface area contributed by atoms with Gasteiger partial charge in [-0.1, -0.05) is 44.8 Å². The van der Waals surface area contributed by atoms with Crippen LogP contribution < -0.4 is 5.32 Å². The highest BCUT2D eigenvalue weighted by atomic mass is 16.5. The lowest BCUT2D eigenvalue weighted by Crippen LogP contribution is -2.38. The first-order valence-electron chi connectivity index (χ1n) is 6.87. The van der Waals surface area contributed by atoms with Crippen molar-refractivity contribution in [3.63, 3.8) is 0 Å². The molecule has 0 spiro atoms. The second-order valence-electron chi connectivity index (χ2n) is 5.07. The maximum absolute atomic E-state index is 11.5. The number of aliphatic carboxylic acids is 1. The monoisotopic (exact) mass is 269 g/mol. The van der Waals surface area contributed by atoms with Crippen molar-refractivity contribution in [1.82, 2.24) is 5.32 Å². The van der Waals surface area contributed by atoms with Crippen molar-refractivity contribution in [2.75, 3.05) is 6.61 Å². The number of carbonyl (C=O) groups excluding carboxylic acids is 1. The van der Waals surface area contributed by atoms with E-state index in [0.717, 1.165) is 19.3 Å². The Morgan fingerprint density at radius 2 is 2.05 bits per heavy atom. The lowest BCUT2D eigenvalue weighted by atomic mass is 9.84. The third-order valence-electron chi connectivity index (χ3n) is 3.42. The van der Waals surface area contributed by atoms with E-state index in [1.807, 2.05) is 0 Å². The molecule has 0 aromatic heterocycles. The molecule has 1 atom stereocenters. The quantitative estimate of drug-likeness (QED) is 0.697. The Hall–Kier alpha value is -1.52. The summed E-state index contributed by atoms with van der Waals surface area (Å²) in [7, 11) is 0. The number of hydrogen-bond acceptors (Lipinski definition) is 3. The number of hydrogen-bond donors (Lipinski definition) is 2. The maximum Gasteiger partial charge on any atom is 0.407 e. The Morgan fingerprint density at radius 3 is 2.63 bits per heavy atom. The van der Waals surface area contributed by atoms with Crippen LogP contribution in [0.2, 0.25) is 0 Å². The molecule has 2 N–H and O–H groups in total. The zero-order chi connectivity index (χ0) is 14.1. The molecule has 0 aromatic rings. The number of carboxylic acid groups (broad SMARTS) is 1. The molecule has 19 heavy (non-hydrogen) atoms. The summed E-state index contributed by atoms with van der Waals surface area (Å²) in [6, 6.07) is -0.349. The van der Waals surface area contributed by atoms with Crippen molar-refractivity contribution in [3.05, 3.63) is 12.7 Å². The highest BCUT2D eigenvalue weighted by Crippen LogP contribution is 2.27. The average Bonchev–Trinajstić information content (AvgIpc) is 2.36. The van der Waals surface area contributed by atoms with Crippen LogP contribution in [0.1, 0.15) is 44.9 Å². The SMILES string of the molecule is C=CCOC(=O)N[C@H](CC(=O)O)CC1CCCCC1. The first kappa shape index (κ1) is 15.5. The number of nitrogens with one attached hydrogen (secondary N) is 1. The number of carbonyl (C=O) groups is 2. The Balaban J connectivity index is 2.42. The molecule has 0 unspecified atom stereocenters. The van der Waals surface area contributed by atoms with E-state index in [-0.39, 0.29) is 19.1 Å². The average molecular weight is 269 g/mol. The molecule has 1 aliphatic carbocycles. The minimum Gasteiger partial charge on any atom is -0.481 e. The molecule has 0 saturated heterocycles. The normalized spacial score (nSPS) is 17.5. The van der Waals surface area contributed by atoms with Crippen molar-refractivity contribution in [2.45, 2.75) is 51.0 Å². The van der Waals surface area contributed by atoms with Crippen molar-refractivity contribution < 1.29 is 19.4 Å². The highest BCUT2D eigenvalue weighted by molar-refractivity contribution is 5.71. The maximum atomic E-state index is 11.5. The van der Waals surface area contributed by atoms with Crippen LogP contribution in [0.3, 0.4) is 0 Å². The van der Waals surface area contributed by atoms with Gasteiger partial charge < -0.3 is 15.2 Å². The summed E-state index contributed by atoms with van der Waals surface area (Å²) in [6.45, 7) is 3.59. The number of alkyl carbamates (subject to hydrolysis) is 1. The Bertz CT molecular complexity index is 311. The number of amides is 1.